The predicted octanol–water partition coefficient (Wildman–Crippen LogP) is 2.40. The molecule has 0 fully saturated rings. The lowest BCUT2D eigenvalue weighted by molar-refractivity contribution is 0.792. The Labute approximate surface area is 83.8 Å². The molecule has 0 spiro atoms. The Morgan fingerprint density at radius 1 is 1.14 bits per heavy atom. The highest BCUT2D eigenvalue weighted by atomic mass is 15.1. The van der Waals surface area contributed by atoms with Gasteiger partial charge in [-0.3, -0.25) is 0 Å². The van der Waals surface area contributed by atoms with Crippen molar-refractivity contribution in [2.45, 2.75) is 26.7 Å². The van der Waals surface area contributed by atoms with Crippen molar-refractivity contribution in [3.8, 4) is 0 Å². The minimum atomic E-state index is 0.424. The van der Waals surface area contributed by atoms with Gasteiger partial charge in [0.15, 0.2) is 0 Å². The van der Waals surface area contributed by atoms with E-state index in [-0.39, 0.29) is 0 Å². The summed E-state index contributed by atoms with van der Waals surface area (Å²) in [4.78, 5) is 0. The number of hydrogen-bond acceptors (Lipinski definition) is 2. The summed E-state index contributed by atoms with van der Waals surface area (Å²) in [5.74, 6) is 0.424. The van der Waals surface area contributed by atoms with Gasteiger partial charge in [0.05, 0.1) is 11.4 Å². The van der Waals surface area contributed by atoms with Gasteiger partial charge in [-0.15, -0.1) is 0 Å². The van der Waals surface area contributed by atoms with Crippen LogP contribution < -0.4 is 0 Å². The van der Waals surface area contributed by atoms with Gasteiger partial charge in [-0.05, 0) is 12.8 Å². The number of aromatic nitrogens is 3. The number of fused-ring (bicyclic) bond motifs is 1. The zero-order chi connectivity index (χ0) is 10.3. The first-order chi connectivity index (χ1) is 6.59. The molecule has 2 aromatic rings. The second kappa shape index (κ2) is 3.08. The largest absolute Gasteiger partial charge is 0.356 e. The van der Waals surface area contributed by atoms with Crippen LogP contribution in [-0.4, -0.2) is 14.8 Å². The number of rotatable bonds is 1. The van der Waals surface area contributed by atoms with Gasteiger partial charge in [0.25, 0.3) is 0 Å². The molecule has 0 unspecified atom stereocenters. The Morgan fingerprint density at radius 3 is 2.43 bits per heavy atom. The van der Waals surface area contributed by atoms with E-state index in [0.29, 0.717) is 5.92 Å². The molecule has 0 amide bonds. The van der Waals surface area contributed by atoms with Crippen molar-refractivity contribution in [1.82, 2.24) is 14.8 Å². The van der Waals surface area contributed by atoms with Gasteiger partial charge in [-0.25, -0.2) is 0 Å². The SMILES string of the molecule is Cc1nnc(C(C)C)c2cn(C)cc12. The molecule has 0 saturated heterocycles. The van der Waals surface area contributed by atoms with Crippen LogP contribution in [0, 0.1) is 6.92 Å². The molecule has 3 nitrogen and oxygen atoms in total. The summed E-state index contributed by atoms with van der Waals surface area (Å²) in [7, 11) is 2.03. The van der Waals surface area contributed by atoms with E-state index in [1.165, 1.54) is 10.8 Å². The maximum Gasteiger partial charge on any atom is 0.0750 e. The van der Waals surface area contributed by atoms with Crippen LogP contribution in [0.1, 0.15) is 31.2 Å². The van der Waals surface area contributed by atoms with Crippen LogP contribution in [0.25, 0.3) is 10.8 Å². The Morgan fingerprint density at radius 2 is 1.79 bits per heavy atom. The number of nitrogens with zero attached hydrogens (tertiary/aromatic N) is 3. The molecule has 0 saturated carbocycles. The van der Waals surface area contributed by atoms with Gasteiger partial charge in [-0.1, -0.05) is 13.8 Å². The van der Waals surface area contributed by atoms with E-state index in [0.717, 1.165) is 11.4 Å². The molecule has 0 aliphatic rings. The molecule has 0 N–H and O–H groups in total. The standard InChI is InChI=1S/C11H15N3/c1-7(2)11-10-6-14(4)5-9(10)8(3)12-13-11/h5-7H,1-4H3. The molecule has 2 heterocycles. The average molecular weight is 189 g/mol. The van der Waals surface area contributed by atoms with Gasteiger partial charge >= 0.3 is 0 Å². The monoisotopic (exact) mass is 189 g/mol. The molecule has 2 aromatic heterocycles. The van der Waals surface area contributed by atoms with E-state index in [4.69, 9.17) is 0 Å². The second-order valence-electron chi connectivity index (χ2n) is 4.08. The van der Waals surface area contributed by atoms with Crippen molar-refractivity contribution in [3.05, 3.63) is 23.8 Å². The minimum Gasteiger partial charge on any atom is -0.356 e. The molecular weight excluding hydrogens is 174 g/mol. The molecule has 74 valence electrons. The highest BCUT2D eigenvalue weighted by Crippen LogP contribution is 2.24. The van der Waals surface area contributed by atoms with E-state index in [9.17, 15) is 0 Å². The van der Waals surface area contributed by atoms with E-state index in [2.05, 4.69) is 41.0 Å². The lowest BCUT2D eigenvalue weighted by Crippen LogP contribution is -1.97. The quantitative estimate of drug-likeness (QED) is 0.689. The van der Waals surface area contributed by atoms with Gasteiger partial charge in [-0.2, -0.15) is 10.2 Å². The van der Waals surface area contributed by atoms with Crippen LogP contribution >= 0.6 is 0 Å². The summed E-state index contributed by atoms with van der Waals surface area (Å²) in [6, 6.07) is 0. The third kappa shape index (κ3) is 1.29. The van der Waals surface area contributed by atoms with Crippen LogP contribution in [0.4, 0.5) is 0 Å². The van der Waals surface area contributed by atoms with Crippen molar-refractivity contribution < 1.29 is 0 Å². The Hall–Kier alpha value is -1.38. The Balaban J connectivity index is 2.81. The summed E-state index contributed by atoms with van der Waals surface area (Å²) >= 11 is 0. The fourth-order valence-electron chi connectivity index (χ4n) is 1.74. The van der Waals surface area contributed by atoms with Crippen molar-refractivity contribution in [1.29, 1.82) is 0 Å². The molecule has 0 atom stereocenters. The van der Waals surface area contributed by atoms with Crippen LogP contribution in [-0.2, 0) is 7.05 Å². The summed E-state index contributed by atoms with van der Waals surface area (Å²) in [5, 5.41) is 10.9. The second-order valence-corrected chi connectivity index (χ2v) is 4.08. The lowest BCUT2D eigenvalue weighted by Gasteiger charge is -2.05. The fraction of sp³-hybridized carbons (Fsp3) is 0.455. The first-order valence-corrected chi connectivity index (χ1v) is 4.88. The molecule has 14 heavy (non-hydrogen) atoms. The first kappa shape index (κ1) is 9.19. The third-order valence-electron chi connectivity index (χ3n) is 2.48. The predicted molar refractivity (Wildman–Crippen MR) is 57.3 cm³/mol. The first-order valence-electron chi connectivity index (χ1n) is 4.88. The van der Waals surface area contributed by atoms with Crippen LogP contribution in [0.3, 0.4) is 0 Å². The molecule has 0 aliphatic carbocycles. The molecule has 0 radical (unpaired) electrons. The topological polar surface area (TPSA) is 30.7 Å². The summed E-state index contributed by atoms with van der Waals surface area (Å²) < 4.78 is 2.06. The maximum absolute atomic E-state index is 4.26. The van der Waals surface area contributed by atoms with Gasteiger partial charge in [0, 0.05) is 30.2 Å². The van der Waals surface area contributed by atoms with Crippen molar-refractivity contribution >= 4 is 10.8 Å². The zero-order valence-electron chi connectivity index (χ0n) is 9.07. The average Bonchev–Trinajstić information content (AvgIpc) is 2.47. The number of hydrogen-bond donors (Lipinski definition) is 0. The highest BCUT2D eigenvalue weighted by Gasteiger charge is 2.10. The maximum atomic E-state index is 4.26. The Bertz CT molecular complexity index is 469. The number of aryl methyl sites for hydroxylation is 2. The van der Waals surface area contributed by atoms with Crippen molar-refractivity contribution in [3.63, 3.8) is 0 Å². The normalized spacial score (nSPS) is 11.5. The zero-order valence-corrected chi connectivity index (χ0v) is 9.07. The van der Waals surface area contributed by atoms with Crippen LogP contribution in [0.2, 0.25) is 0 Å². The summed E-state index contributed by atoms with van der Waals surface area (Å²) in [6.45, 7) is 6.29. The highest BCUT2D eigenvalue weighted by molar-refractivity contribution is 5.86. The van der Waals surface area contributed by atoms with Crippen molar-refractivity contribution in [2.24, 2.45) is 7.05 Å². The fourth-order valence-corrected chi connectivity index (χ4v) is 1.74. The molecule has 0 aliphatic heterocycles. The smallest absolute Gasteiger partial charge is 0.0750 e. The van der Waals surface area contributed by atoms with Gasteiger partial charge < -0.3 is 4.57 Å². The Kier molecular flexibility index (Phi) is 2.02. The molecular formula is C11H15N3. The van der Waals surface area contributed by atoms with Gasteiger partial charge in [0.1, 0.15) is 0 Å². The van der Waals surface area contributed by atoms with Crippen molar-refractivity contribution in [2.75, 3.05) is 0 Å². The molecule has 0 bridgehead atoms. The van der Waals surface area contributed by atoms with E-state index in [1.807, 2.05) is 14.0 Å². The van der Waals surface area contributed by atoms with E-state index in [1.54, 1.807) is 0 Å². The molecule has 0 aromatic carbocycles. The summed E-state index contributed by atoms with van der Waals surface area (Å²) in [5.41, 5.74) is 2.09. The van der Waals surface area contributed by atoms with Crippen LogP contribution in [0.5, 0.6) is 0 Å². The van der Waals surface area contributed by atoms with Gasteiger partial charge in [0.2, 0.25) is 0 Å². The van der Waals surface area contributed by atoms with Crippen LogP contribution in [0.15, 0.2) is 12.4 Å². The van der Waals surface area contributed by atoms with E-state index >= 15 is 0 Å². The minimum absolute atomic E-state index is 0.424. The molecule has 2 rings (SSSR count). The summed E-state index contributed by atoms with van der Waals surface area (Å²) in [6.07, 6.45) is 4.22. The lowest BCUT2D eigenvalue weighted by atomic mass is 10.1. The molecule has 3 heteroatoms. The van der Waals surface area contributed by atoms with E-state index < -0.39 is 0 Å². The third-order valence-corrected chi connectivity index (χ3v) is 2.48.